The molecule has 1 amide bonds. The van der Waals surface area contributed by atoms with E-state index in [-0.39, 0.29) is 17.4 Å². The van der Waals surface area contributed by atoms with Gasteiger partial charge < -0.3 is 19.5 Å². The Morgan fingerprint density at radius 2 is 1.87 bits per heavy atom. The lowest BCUT2D eigenvalue weighted by atomic mass is 9.94. The van der Waals surface area contributed by atoms with Crippen molar-refractivity contribution in [3.8, 4) is 11.5 Å². The van der Waals surface area contributed by atoms with Crippen LogP contribution in [0.3, 0.4) is 0 Å². The minimum Gasteiger partial charge on any atom is -0.507 e. The number of ether oxygens (including phenoxy) is 2. The average molecular weight is 409 g/mol. The van der Waals surface area contributed by atoms with Crippen molar-refractivity contribution in [2.24, 2.45) is 0 Å². The first kappa shape index (κ1) is 21.4. The van der Waals surface area contributed by atoms with Gasteiger partial charge in [0.15, 0.2) is 0 Å². The quantitative estimate of drug-likeness (QED) is 0.419. The number of Topliss-reactive ketones (excluding diaryl/α,β-unsaturated/α-hetero) is 1. The SMILES string of the molecule is CCCN1C(=O)C(=O)/C(=C(\O)c2cccc(OC)c2)C1c1ccccc1OC(C)C. The van der Waals surface area contributed by atoms with Crippen LogP contribution >= 0.6 is 0 Å². The number of carbonyl (C=O) groups excluding carboxylic acids is 2. The highest BCUT2D eigenvalue weighted by Crippen LogP contribution is 2.43. The highest BCUT2D eigenvalue weighted by molar-refractivity contribution is 6.46. The highest BCUT2D eigenvalue weighted by Gasteiger charge is 2.46. The molecule has 0 bridgehead atoms. The summed E-state index contributed by atoms with van der Waals surface area (Å²) in [5, 5.41) is 11.1. The summed E-state index contributed by atoms with van der Waals surface area (Å²) in [6, 6.07) is 13.4. The van der Waals surface area contributed by atoms with Crippen molar-refractivity contribution in [1.29, 1.82) is 0 Å². The maximum absolute atomic E-state index is 13.0. The third-order valence-electron chi connectivity index (χ3n) is 4.92. The summed E-state index contributed by atoms with van der Waals surface area (Å²) >= 11 is 0. The van der Waals surface area contributed by atoms with Crippen LogP contribution in [0.4, 0.5) is 0 Å². The van der Waals surface area contributed by atoms with E-state index in [0.717, 1.165) is 0 Å². The number of methoxy groups -OCH3 is 1. The smallest absolute Gasteiger partial charge is 0.295 e. The van der Waals surface area contributed by atoms with Gasteiger partial charge >= 0.3 is 0 Å². The summed E-state index contributed by atoms with van der Waals surface area (Å²) in [6.45, 7) is 6.15. The van der Waals surface area contributed by atoms with Crippen LogP contribution in [0.15, 0.2) is 54.1 Å². The zero-order valence-electron chi connectivity index (χ0n) is 17.7. The molecule has 1 N–H and O–H groups in total. The number of likely N-dealkylation sites (tertiary alicyclic amines) is 1. The van der Waals surface area contributed by atoms with E-state index in [1.165, 1.54) is 12.0 Å². The molecule has 1 heterocycles. The van der Waals surface area contributed by atoms with Gasteiger partial charge in [0.25, 0.3) is 11.7 Å². The summed E-state index contributed by atoms with van der Waals surface area (Å²) < 4.78 is 11.2. The molecule has 2 aromatic carbocycles. The van der Waals surface area contributed by atoms with Gasteiger partial charge in [-0.2, -0.15) is 0 Å². The van der Waals surface area contributed by atoms with Crippen molar-refractivity contribution in [3.63, 3.8) is 0 Å². The molecule has 30 heavy (non-hydrogen) atoms. The molecule has 0 aromatic heterocycles. The number of hydrogen-bond acceptors (Lipinski definition) is 5. The first-order valence-corrected chi connectivity index (χ1v) is 10.1. The lowest BCUT2D eigenvalue weighted by Gasteiger charge is -2.27. The molecule has 0 saturated carbocycles. The molecule has 1 aliphatic rings. The van der Waals surface area contributed by atoms with Gasteiger partial charge in [0.05, 0.1) is 24.8 Å². The van der Waals surface area contributed by atoms with Gasteiger partial charge in [-0.15, -0.1) is 0 Å². The number of rotatable bonds is 7. The average Bonchev–Trinajstić information content (AvgIpc) is 2.98. The normalized spacial score (nSPS) is 18.2. The number of hydrogen-bond donors (Lipinski definition) is 1. The van der Waals surface area contributed by atoms with Crippen LogP contribution in [0.25, 0.3) is 5.76 Å². The van der Waals surface area contributed by atoms with Crippen LogP contribution in [0.2, 0.25) is 0 Å². The van der Waals surface area contributed by atoms with Gasteiger partial charge in [-0.05, 0) is 38.5 Å². The van der Waals surface area contributed by atoms with Crippen molar-refractivity contribution in [3.05, 3.63) is 65.2 Å². The number of aliphatic hydroxyl groups excluding tert-OH is 1. The first-order valence-electron chi connectivity index (χ1n) is 10.1. The fourth-order valence-electron chi connectivity index (χ4n) is 3.67. The lowest BCUT2D eigenvalue weighted by molar-refractivity contribution is -0.139. The fourth-order valence-corrected chi connectivity index (χ4v) is 3.67. The highest BCUT2D eigenvalue weighted by atomic mass is 16.5. The number of aliphatic hydroxyl groups is 1. The molecular weight excluding hydrogens is 382 g/mol. The van der Waals surface area contributed by atoms with E-state index in [9.17, 15) is 14.7 Å². The fraction of sp³-hybridized carbons (Fsp3) is 0.333. The number of nitrogens with zero attached hydrogens (tertiary/aromatic N) is 1. The lowest BCUT2D eigenvalue weighted by Crippen LogP contribution is -2.30. The summed E-state index contributed by atoms with van der Waals surface area (Å²) in [5.41, 5.74) is 1.14. The van der Waals surface area contributed by atoms with E-state index < -0.39 is 17.7 Å². The van der Waals surface area contributed by atoms with E-state index in [1.807, 2.05) is 45.0 Å². The van der Waals surface area contributed by atoms with Crippen LogP contribution in [0, 0.1) is 0 Å². The number of amides is 1. The second-order valence-electron chi connectivity index (χ2n) is 7.43. The van der Waals surface area contributed by atoms with Gasteiger partial charge in [0, 0.05) is 17.7 Å². The molecule has 1 fully saturated rings. The van der Waals surface area contributed by atoms with Crippen LogP contribution in [0.1, 0.15) is 44.4 Å². The predicted molar refractivity (Wildman–Crippen MR) is 115 cm³/mol. The third-order valence-corrected chi connectivity index (χ3v) is 4.92. The van der Waals surface area contributed by atoms with E-state index in [2.05, 4.69) is 0 Å². The molecular formula is C24H27NO5. The molecule has 2 aromatic rings. The summed E-state index contributed by atoms with van der Waals surface area (Å²) in [6.07, 6.45) is 0.591. The molecule has 6 heteroatoms. The van der Waals surface area contributed by atoms with Crippen LogP contribution in [0.5, 0.6) is 11.5 Å². The molecule has 1 unspecified atom stereocenters. The van der Waals surface area contributed by atoms with E-state index >= 15 is 0 Å². The Labute approximate surface area is 176 Å². The third kappa shape index (κ3) is 4.03. The number of carbonyl (C=O) groups is 2. The number of para-hydroxylation sites is 1. The molecule has 1 atom stereocenters. The standard InChI is InChI=1S/C24H27NO5/c1-5-13-25-21(18-11-6-7-12-19(18)30-15(2)3)20(23(27)24(25)28)22(26)16-9-8-10-17(14-16)29-4/h6-12,14-15,21,26H,5,13H2,1-4H3/b22-20-. The van der Waals surface area contributed by atoms with Crippen LogP contribution in [-0.2, 0) is 9.59 Å². The van der Waals surface area contributed by atoms with Crippen molar-refractivity contribution in [1.82, 2.24) is 4.90 Å². The Morgan fingerprint density at radius 1 is 1.13 bits per heavy atom. The maximum Gasteiger partial charge on any atom is 0.295 e. The minimum atomic E-state index is -0.730. The van der Waals surface area contributed by atoms with Gasteiger partial charge in [0.1, 0.15) is 17.3 Å². The maximum atomic E-state index is 13.0. The van der Waals surface area contributed by atoms with E-state index in [4.69, 9.17) is 9.47 Å². The molecule has 1 aliphatic heterocycles. The Hall–Kier alpha value is -3.28. The monoisotopic (exact) mass is 409 g/mol. The van der Waals surface area contributed by atoms with Crippen LogP contribution < -0.4 is 9.47 Å². The molecule has 0 aliphatic carbocycles. The molecule has 3 rings (SSSR count). The van der Waals surface area contributed by atoms with Crippen LogP contribution in [-0.4, -0.2) is 41.5 Å². The van der Waals surface area contributed by atoms with Crippen molar-refractivity contribution in [2.75, 3.05) is 13.7 Å². The minimum absolute atomic E-state index is 0.0570. The van der Waals surface area contributed by atoms with Gasteiger partial charge in [0.2, 0.25) is 0 Å². The van der Waals surface area contributed by atoms with Crippen molar-refractivity contribution >= 4 is 17.4 Å². The number of ketones is 1. The van der Waals surface area contributed by atoms with Gasteiger partial charge in [-0.1, -0.05) is 37.3 Å². The Morgan fingerprint density at radius 3 is 2.53 bits per heavy atom. The Balaban J connectivity index is 2.22. The topological polar surface area (TPSA) is 76.1 Å². The second-order valence-corrected chi connectivity index (χ2v) is 7.43. The van der Waals surface area contributed by atoms with Gasteiger partial charge in [-0.3, -0.25) is 9.59 Å². The molecule has 0 radical (unpaired) electrons. The second kappa shape index (κ2) is 9.03. The zero-order valence-corrected chi connectivity index (χ0v) is 17.7. The van der Waals surface area contributed by atoms with Crippen molar-refractivity contribution < 1.29 is 24.2 Å². The van der Waals surface area contributed by atoms with E-state index in [1.54, 1.807) is 24.3 Å². The Bertz CT molecular complexity index is 979. The first-order chi connectivity index (χ1) is 14.4. The predicted octanol–water partition coefficient (Wildman–Crippen LogP) is 4.31. The summed E-state index contributed by atoms with van der Waals surface area (Å²) in [4.78, 5) is 27.4. The molecule has 1 saturated heterocycles. The molecule has 158 valence electrons. The zero-order chi connectivity index (χ0) is 21.8. The molecule has 6 nitrogen and oxygen atoms in total. The summed E-state index contributed by atoms with van der Waals surface area (Å²) in [5.74, 6) is -0.423. The van der Waals surface area contributed by atoms with Gasteiger partial charge in [-0.25, -0.2) is 0 Å². The largest absolute Gasteiger partial charge is 0.507 e. The molecule has 0 spiro atoms. The van der Waals surface area contributed by atoms with Crippen molar-refractivity contribution in [2.45, 2.75) is 39.3 Å². The Kier molecular flexibility index (Phi) is 6.45. The van der Waals surface area contributed by atoms with E-state index in [0.29, 0.717) is 35.6 Å². The number of benzene rings is 2. The summed E-state index contributed by atoms with van der Waals surface area (Å²) in [7, 11) is 1.53.